The number of benzene rings is 3. The molecule has 2 fully saturated rings. The smallest absolute Gasteiger partial charge is 0.239 e. The second-order valence-electron chi connectivity index (χ2n) is 18.6. The Labute approximate surface area is 382 Å². The van der Waals surface area contributed by atoms with Crippen LogP contribution in [0.25, 0.3) is 33.8 Å². The number of nitrogens with zero attached hydrogens (tertiary/aromatic N) is 6. The van der Waals surface area contributed by atoms with E-state index in [-0.39, 0.29) is 29.7 Å². The van der Waals surface area contributed by atoms with Crippen molar-refractivity contribution in [1.29, 1.82) is 0 Å². The number of ether oxygens (including phenoxy) is 1. The maximum Gasteiger partial charge on any atom is 0.239 e. The maximum absolute atomic E-state index is 14.3. The predicted molar refractivity (Wildman–Crippen MR) is 251 cm³/mol. The molecule has 0 amide bonds. The van der Waals surface area contributed by atoms with E-state index in [4.69, 9.17) is 16.3 Å². The molecule has 65 heavy (non-hydrogen) atoms. The van der Waals surface area contributed by atoms with Gasteiger partial charge in [0.1, 0.15) is 0 Å². The highest BCUT2D eigenvalue weighted by Crippen LogP contribution is 2.36. The molecule has 4 N–H and O–H groups in total. The van der Waals surface area contributed by atoms with E-state index in [0.29, 0.717) is 64.7 Å². The number of Topliss-reactive ketones (excluding diaryl/α,β-unsaturated/α-hetero) is 2. The minimum absolute atomic E-state index is 0.0498. The number of fused-ring (bicyclic) bond motifs is 2. The number of hydrogen-bond acceptors (Lipinski definition) is 11. The zero-order valence-corrected chi connectivity index (χ0v) is 38.2. The second-order valence-corrected chi connectivity index (χ2v) is 19.0. The number of carbonyl (C=O) groups is 2. The molecule has 7 aromatic rings. The third-order valence-electron chi connectivity index (χ3n) is 11.3. The average molecular weight is 901 g/mol. The monoisotopic (exact) mass is 900 g/mol. The first-order valence-electron chi connectivity index (χ1n) is 22.0. The first-order chi connectivity index (χ1) is 30.9. The highest BCUT2D eigenvalue weighted by molar-refractivity contribution is 6.29. The van der Waals surface area contributed by atoms with Gasteiger partial charge in [0.15, 0.2) is 39.6 Å². The number of nitrogens with one attached hydrogen (secondary N) is 2. The van der Waals surface area contributed by atoms with Crippen LogP contribution < -0.4 is 15.4 Å². The van der Waals surface area contributed by atoms with Gasteiger partial charge in [-0.1, -0.05) is 48.0 Å². The zero-order valence-electron chi connectivity index (χ0n) is 37.5. The van der Waals surface area contributed by atoms with Crippen molar-refractivity contribution in [1.82, 2.24) is 29.2 Å². The van der Waals surface area contributed by atoms with Crippen LogP contribution in [0.1, 0.15) is 98.1 Å². The van der Waals surface area contributed by atoms with Gasteiger partial charge in [-0.2, -0.15) is 5.10 Å². The lowest BCUT2D eigenvalue weighted by Gasteiger charge is -2.19. The van der Waals surface area contributed by atoms with Gasteiger partial charge in [-0.05, 0) is 114 Å². The number of rotatable bonds is 16. The molecule has 0 spiro atoms. The Balaban J connectivity index is 0.000000181. The Morgan fingerprint density at radius 3 is 1.66 bits per heavy atom. The highest BCUT2D eigenvalue weighted by atomic mass is 35.5. The summed E-state index contributed by atoms with van der Waals surface area (Å²) in [5, 5.41) is 35.9. The molecule has 0 atom stereocenters. The molecule has 0 saturated heterocycles. The first kappa shape index (κ1) is 45.4. The summed E-state index contributed by atoms with van der Waals surface area (Å²) in [6.45, 7) is 11.3. The standard InChI is InChI=1S/C28H29FN4O3.C22H25ClN4O2/c1-17-12-19(10-11-20(17)24(34)13-18-8-9-18)23-15-30-27-22(31-16-28(2,3)35)14-26(32-33(23)27)36-25-7-5-4-6-21(25)29;1-13-8-15(6-7-16(13)19(28)9-14-4-5-14)18-11-24-21-17(25-12-22(2,3)29)10-20(23)26-27(18)21/h4-7,10-12,14-15,18,31,35H,8-9,13,16H2,1-3H3;6-8,10-11,14,25,29H,4-5,9,12H2,1-3H3. The van der Waals surface area contributed by atoms with Gasteiger partial charge in [-0.3, -0.25) is 9.59 Å². The van der Waals surface area contributed by atoms with E-state index in [2.05, 4.69) is 30.8 Å². The number of halogens is 2. The molecule has 0 bridgehead atoms. The Morgan fingerprint density at radius 2 is 1.20 bits per heavy atom. The van der Waals surface area contributed by atoms with Crippen molar-refractivity contribution in [3.05, 3.63) is 118 Å². The minimum atomic E-state index is -0.970. The SMILES string of the molecule is Cc1cc(-c2cnc3c(NCC(C)(C)O)cc(Cl)nn23)ccc1C(=O)CC1CC1.Cc1cc(-c2cnc3c(NCC(C)(C)O)cc(Oc4ccccc4F)nn23)ccc1C(=O)CC1CC1. The molecule has 4 aromatic heterocycles. The van der Waals surface area contributed by atoms with Crippen LogP contribution in [0.3, 0.4) is 0 Å². The van der Waals surface area contributed by atoms with Crippen LogP contribution in [-0.2, 0) is 0 Å². The van der Waals surface area contributed by atoms with Gasteiger partial charge in [0.05, 0.1) is 46.4 Å². The molecular formula is C50H54ClFN8O5. The summed E-state index contributed by atoms with van der Waals surface area (Å²) in [5.74, 6) is 1.21. The fourth-order valence-electron chi connectivity index (χ4n) is 7.51. The van der Waals surface area contributed by atoms with E-state index < -0.39 is 17.0 Å². The van der Waals surface area contributed by atoms with E-state index in [1.54, 1.807) is 73.4 Å². The summed E-state index contributed by atoms with van der Waals surface area (Å²) in [6, 6.07) is 21.0. The van der Waals surface area contributed by atoms with Gasteiger partial charge in [-0.25, -0.2) is 23.4 Å². The highest BCUT2D eigenvalue weighted by Gasteiger charge is 2.27. The average Bonchev–Trinajstić information content (AvgIpc) is 4.16. The van der Waals surface area contributed by atoms with Crippen molar-refractivity contribution in [2.45, 2.75) is 91.3 Å². The largest absolute Gasteiger partial charge is 0.434 e. The summed E-state index contributed by atoms with van der Waals surface area (Å²) < 4.78 is 23.4. The topological polar surface area (TPSA) is 168 Å². The molecule has 2 aliphatic carbocycles. The maximum atomic E-state index is 14.3. The van der Waals surface area contributed by atoms with E-state index >= 15 is 0 Å². The van der Waals surface area contributed by atoms with Crippen LogP contribution in [0.4, 0.5) is 15.8 Å². The molecule has 2 aliphatic rings. The summed E-state index contributed by atoms with van der Waals surface area (Å²) >= 11 is 6.24. The van der Waals surface area contributed by atoms with Crippen molar-refractivity contribution in [2.75, 3.05) is 23.7 Å². The molecule has 0 radical (unpaired) electrons. The van der Waals surface area contributed by atoms with Gasteiger partial charge in [0.2, 0.25) is 5.88 Å². The number of aryl methyl sites for hydroxylation is 2. The van der Waals surface area contributed by atoms with E-state index in [1.807, 2.05) is 50.2 Å². The molecule has 0 unspecified atom stereocenters. The minimum Gasteiger partial charge on any atom is -0.434 e. The number of para-hydroxylation sites is 1. The van der Waals surface area contributed by atoms with Gasteiger partial charge >= 0.3 is 0 Å². The number of aliphatic hydroxyl groups is 2. The van der Waals surface area contributed by atoms with Crippen LogP contribution >= 0.6 is 11.6 Å². The summed E-state index contributed by atoms with van der Waals surface area (Å²) in [4.78, 5) is 34.2. The fourth-order valence-corrected chi connectivity index (χ4v) is 7.70. The lowest BCUT2D eigenvalue weighted by molar-refractivity contribution is 0.0939. The number of anilines is 2. The van der Waals surface area contributed by atoms with Gasteiger partial charge in [-0.15, -0.1) is 5.10 Å². The predicted octanol–water partition coefficient (Wildman–Crippen LogP) is 10.3. The van der Waals surface area contributed by atoms with E-state index in [1.165, 1.54) is 25.0 Å². The quantitative estimate of drug-likeness (QED) is 0.0681. The molecule has 338 valence electrons. The number of aromatic nitrogens is 6. The van der Waals surface area contributed by atoms with Crippen molar-refractivity contribution in [3.63, 3.8) is 0 Å². The Morgan fingerprint density at radius 1 is 0.723 bits per heavy atom. The van der Waals surface area contributed by atoms with Crippen LogP contribution in [0.5, 0.6) is 11.6 Å². The van der Waals surface area contributed by atoms with Gasteiger partial charge in [0, 0.05) is 60.3 Å². The molecule has 4 heterocycles. The Bertz CT molecular complexity index is 2910. The van der Waals surface area contributed by atoms with Gasteiger partial charge < -0.3 is 25.6 Å². The van der Waals surface area contributed by atoms with Crippen molar-refractivity contribution in [2.24, 2.45) is 11.8 Å². The number of imidazole rings is 2. The third-order valence-corrected chi connectivity index (χ3v) is 11.5. The van der Waals surface area contributed by atoms with E-state index in [9.17, 15) is 24.2 Å². The molecule has 15 heteroatoms. The van der Waals surface area contributed by atoms with Crippen molar-refractivity contribution in [3.8, 4) is 34.1 Å². The first-order valence-corrected chi connectivity index (χ1v) is 22.3. The van der Waals surface area contributed by atoms with Gasteiger partial charge in [0.25, 0.3) is 0 Å². The lowest BCUT2D eigenvalue weighted by Crippen LogP contribution is -2.29. The Hall–Kier alpha value is -6.22. The molecule has 9 rings (SSSR count). The second kappa shape index (κ2) is 18.3. The number of carbonyl (C=O) groups excluding carboxylic acids is 2. The molecule has 13 nitrogen and oxygen atoms in total. The normalized spacial score (nSPS) is 14.0. The fraction of sp³-hybridized carbons (Fsp3) is 0.360. The van der Waals surface area contributed by atoms with Crippen molar-refractivity contribution < 1.29 is 28.9 Å². The molecular weight excluding hydrogens is 847 g/mol. The molecule has 0 aliphatic heterocycles. The van der Waals surface area contributed by atoms with Crippen LogP contribution in [0, 0.1) is 31.5 Å². The lowest BCUT2D eigenvalue weighted by atomic mass is 9.98. The molecule has 3 aromatic carbocycles. The van der Waals surface area contributed by atoms with Crippen LogP contribution in [0.2, 0.25) is 5.15 Å². The van der Waals surface area contributed by atoms with E-state index in [0.717, 1.165) is 51.9 Å². The van der Waals surface area contributed by atoms with Crippen LogP contribution in [0.15, 0.2) is 85.2 Å². The number of hydrogen-bond donors (Lipinski definition) is 4. The number of ketones is 2. The summed E-state index contributed by atoms with van der Waals surface area (Å²) in [5.41, 5.74) is 7.20. The van der Waals surface area contributed by atoms with Crippen LogP contribution in [-0.4, -0.2) is 75.3 Å². The third kappa shape index (κ3) is 11.2. The Kier molecular flexibility index (Phi) is 12.8. The summed E-state index contributed by atoms with van der Waals surface area (Å²) in [7, 11) is 0. The molecule has 2 saturated carbocycles. The summed E-state index contributed by atoms with van der Waals surface area (Å²) in [6.07, 6.45) is 9.30. The van der Waals surface area contributed by atoms with Crippen molar-refractivity contribution >= 4 is 45.8 Å². The zero-order chi connectivity index (χ0) is 46.2.